The molecule has 1 atom stereocenters. The molecule has 0 saturated carbocycles. The molecule has 1 N–H and O–H groups in total. The summed E-state index contributed by atoms with van der Waals surface area (Å²) in [6, 6.07) is 2.52. The Morgan fingerprint density at radius 2 is 2.05 bits per heavy atom. The monoisotopic (exact) mass is 373 g/mol. The second-order valence-corrected chi connectivity index (χ2v) is 4.83. The molecule has 0 heterocycles. The number of halogens is 4. The summed E-state index contributed by atoms with van der Waals surface area (Å²) in [7, 11) is 0. The highest BCUT2D eigenvalue weighted by Gasteiger charge is 2.29. The summed E-state index contributed by atoms with van der Waals surface area (Å²) < 4.78 is 44.3. The van der Waals surface area contributed by atoms with Crippen molar-refractivity contribution in [2.75, 3.05) is 13.2 Å². The molecule has 0 saturated heterocycles. The Balaban J connectivity index is 2.95. The third-order valence-electron chi connectivity index (χ3n) is 2.31. The van der Waals surface area contributed by atoms with Crippen LogP contribution in [-0.4, -0.2) is 29.6 Å². The highest BCUT2D eigenvalue weighted by molar-refractivity contribution is 9.10. The Morgan fingerprint density at radius 1 is 1.43 bits per heavy atom. The van der Waals surface area contributed by atoms with Gasteiger partial charge >= 0.3 is 12.0 Å². The second kappa shape index (κ2) is 7.05. The maximum atomic E-state index is 11.8. The summed E-state index contributed by atoms with van der Waals surface area (Å²) in [5, 5.41) is 20.5. The van der Waals surface area contributed by atoms with Crippen LogP contribution in [0.2, 0.25) is 0 Å². The first kappa shape index (κ1) is 17.7. The van der Waals surface area contributed by atoms with E-state index in [1.165, 1.54) is 13.0 Å². The van der Waals surface area contributed by atoms with E-state index in [0.29, 0.717) is 4.47 Å². The molecule has 0 amide bonds. The number of benzene rings is 1. The summed E-state index contributed by atoms with van der Waals surface area (Å²) in [4.78, 5) is 10.2. The van der Waals surface area contributed by atoms with E-state index >= 15 is 0 Å². The number of nitro benzene ring substituents is 1. The van der Waals surface area contributed by atoms with Gasteiger partial charge in [-0.2, -0.15) is 0 Å². The van der Waals surface area contributed by atoms with E-state index in [1.54, 1.807) is 0 Å². The Hall–Kier alpha value is -1.39. The first-order valence-corrected chi connectivity index (χ1v) is 6.40. The van der Waals surface area contributed by atoms with Crippen LogP contribution in [0.5, 0.6) is 5.75 Å². The maximum Gasteiger partial charge on any atom is 0.522 e. The zero-order valence-corrected chi connectivity index (χ0v) is 12.3. The molecule has 10 heteroatoms. The van der Waals surface area contributed by atoms with Gasteiger partial charge in [0.2, 0.25) is 5.75 Å². The number of rotatable bonds is 6. The van der Waals surface area contributed by atoms with E-state index in [9.17, 15) is 28.4 Å². The van der Waals surface area contributed by atoms with Gasteiger partial charge in [-0.1, -0.05) is 15.9 Å². The Kier molecular flexibility index (Phi) is 5.93. The second-order valence-electron chi connectivity index (χ2n) is 3.92. The number of hydrogen-bond acceptors (Lipinski definition) is 5. The van der Waals surface area contributed by atoms with Gasteiger partial charge in [0.25, 0.3) is 0 Å². The lowest BCUT2D eigenvalue weighted by Gasteiger charge is -2.14. The van der Waals surface area contributed by atoms with Gasteiger partial charge in [-0.15, -0.1) is 13.2 Å². The SMILES string of the molecule is CC(O)c1cc(Br)cc([N+](=O)[O-])c1OCCOC(F)(F)F. The number of hydrogen-bond donors (Lipinski definition) is 1. The van der Waals surface area contributed by atoms with Crippen LogP contribution in [0.1, 0.15) is 18.6 Å². The summed E-state index contributed by atoms with van der Waals surface area (Å²) in [6.07, 6.45) is -5.90. The zero-order chi connectivity index (χ0) is 16.2. The van der Waals surface area contributed by atoms with Gasteiger partial charge in [0.05, 0.1) is 17.6 Å². The summed E-state index contributed by atoms with van der Waals surface area (Å²) >= 11 is 3.05. The molecule has 21 heavy (non-hydrogen) atoms. The zero-order valence-electron chi connectivity index (χ0n) is 10.7. The minimum absolute atomic E-state index is 0.0862. The molecule has 1 unspecified atom stereocenters. The molecule has 0 bridgehead atoms. The van der Waals surface area contributed by atoms with Crippen molar-refractivity contribution in [3.05, 3.63) is 32.3 Å². The van der Waals surface area contributed by atoms with Crippen molar-refractivity contribution < 1.29 is 32.7 Å². The van der Waals surface area contributed by atoms with Crippen LogP contribution in [-0.2, 0) is 4.74 Å². The quantitative estimate of drug-likeness (QED) is 0.469. The number of nitrogens with zero attached hydrogens (tertiary/aromatic N) is 1. The molecule has 0 aliphatic heterocycles. The average molecular weight is 374 g/mol. The fourth-order valence-corrected chi connectivity index (χ4v) is 1.97. The van der Waals surface area contributed by atoms with Crippen LogP contribution in [0.15, 0.2) is 16.6 Å². The number of aliphatic hydroxyl groups is 1. The van der Waals surface area contributed by atoms with Crippen molar-refractivity contribution in [1.29, 1.82) is 0 Å². The molecule has 0 radical (unpaired) electrons. The normalized spacial score (nSPS) is 13.0. The van der Waals surface area contributed by atoms with Crippen molar-refractivity contribution in [2.45, 2.75) is 19.4 Å². The van der Waals surface area contributed by atoms with E-state index in [-0.39, 0.29) is 11.3 Å². The third kappa shape index (κ3) is 5.48. The van der Waals surface area contributed by atoms with Gasteiger partial charge in [0, 0.05) is 16.1 Å². The van der Waals surface area contributed by atoms with Gasteiger partial charge in [-0.3, -0.25) is 14.9 Å². The fraction of sp³-hybridized carbons (Fsp3) is 0.455. The van der Waals surface area contributed by atoms with Crippen LogP contribution >= 0.6 is 15.9 Å². The predicted molar refractivity (Wildman–Crippen MR) is 68.9 cm³/mol. The average Bonchev–Trinajstić information content (AvgIpc) is 2.33. The van der Waals surface area contributed by atoms with Crippen molar-refractivity contribution >= 4 is 21.6 Å². The first-order valence-electron chi connectivity index (χ1n) is 5.61. The number of ether oxygens (including phenoxy) is 2. The van der Waals surface area contributed by atoms with E-state index in [1.807, 2.05) is 0 Å². The number of aliphatic hydroxyl groups excluding tert-OH is 1. The summed E-state index contributed by atoms with van der Waals surface area (Å²) in [5.74, 6) is -0.288. The van der Waals surface area contributed by atoms with Gasteiger partial charge in [0.1, 0.15) is 6.61 Å². The topological polar surface area (TPSA) is 81.8 Å². The predicted octanol–water partition coefficient (Wildman–Crippen LogP) is 3.33. The standard InChI is InChI=1S/C11H11BrF3NO5/c1-6(17)8-4-7(12)5-9(16(18)19)10(8)20-2-3-21-11(13,14)15/h4-6,17H,2-3H2,1H3. The van der Waals surface area contributed by atoms with Gasteiger partial charge in [-0.05, 0) is 13.0 Å². The van der Waals surface area contributed by atoms with E-state index in [4.69, 9.17) is 4.74 Å². The Labute approximate surface area is 125 Å². The molecule has 1 rings (SSSR count). The summed E-state index contributed by atoms with van der Waals surface area (Å²) in [6.45, 7) is -0.0256. The van der Waals surface area contributed by atoms with E-state index in [2.05, 4.69) is 20.7 Å². The van der Waals surface area contributed by atoms with Crippen LogP contribution in [0.3, 0.4) is 0 Å². The van der Waals surface area contributed by atoms with Crippen molar-refractivity contribution in [3.63, 3.8) is 0 Å². The van der Waals surface area contributed by atoms with Gasteiger partial charge < -0.3 is 9.84 Å². The van der Waals surface area contributed by atoms with Crippen molar-refractivity contribution in [1.82, 2.24) is 0 Å². The molecular formula is C11H11BrF3NO5. The summed E-state index contributed by atoms with van der Waals surface area (Å²) in [5.41, 5.74) is -0.379. The fourth-order valence-electron chi connectivity index (χ4n) is 1.50. The number of nitro groups is 1. The molecule has 118 valence electrons. The third-order valence-corrected chi connectivity index (χ3v) is 2.76. The largest absolute Gasteiger partial charge is 0.522 e. The minimum Gasteiger partial charge on any atom is -0.484 e. The van der Waals surface area contributed by atoms with Crippen LogP contribution < -0.4 is 4.74 Å². The van der Waals surface area contributed by atoms with Gasteiger partial charge in [-0.25, -0.2) is 0 Å². The molecule has 6 nitrogen and oxygen atoms in total. The van der Waals surface area contributed by atoms with Crippen molar-refractivity contribution in [2.24, 2.45) is 0 Å². The highest BCUT2D eigenvalue weighted by atomic mass is 79.9. The molecule has 0 aliphatic rings. The molecule has 0 aliphatic carbocycles. The van der Waals surface area contributed by atoms with E-state index < -0.39 is 36.3 Å². The minimum atomic E-state index is -4.80. The van der Waals surface area contributed by atoms with Gasteiger partial charge in [0.15, 0.2) is 0 Å². The maximum absolute atomic E-state index is 11.8. The first-order chi connectivity index (χ1) is 9.61. The molecule has 0 spiro atoms. The molecule has 1 aromatic carbocycles. The Morgan fingerprint density at radius 3 is 2.52 bits per heavy atom. The van der Waals surface area contributed by atoms with Crippen LogP contribution in [0.4, 0.5) is 18.9 Å². The van der Waals surface area contributed by atoms with E-state index in [0.717, 1.165) is 6.07 Å². The van der Waals surface area contributed by atoms with Crippen molar-refractivity contribution in [3.8, 4) is 5.75 Å². The molecule has 0 aromatic heterocycles. The molecular weight excluding hydrogens is 363 g/mol. The molecule has 1 aromatic rings. The molecule has 0 fully saturated rings. The smallest absolute Gasteiger partial charge is 0.484 e. The lowest BCUT2D eigenvalue weighted by atomic mass is 10.1. The van der Waals surface area contributed by atoms with Crippen LogP contribution in [0, 0.1) is 10.1 Å². The van der Waals surface area contributed by atoms with Crippen LogP contribution in [0.25, 0.3) is 0 Å². The Bertz CT molecular complexity index is 521. The highest BCUT2D eigenvalue weighted by Crippen LogP contribution is 2.37. The lowest BCUT2D eigenvalue weighted by molar-refractivity contribution is -0.386. The number of alkyl halides is 3. The lowest BCUT2D eigenvalue weighted by Crippen LogP contribution is -2.18.